The molecule has 2 heterocycles. The van der Waals surface area contributed by atoms with Gasteiger partial charge in [-0.1, -0.05) is 133 Å². The maximum Gasteiger partial charge on any atom is 0.0850 e. The Morgan fingerprint density at radius 2 is 0.905 bits per heavy atom. The van der Waals surface area contributed by atoms with Gasteiger partial charge in [0.2, 0.25) is 0 Å². The van der Waals surface area contributed by atoms with E-state index in [2.05, 4.69) is 156 Å². The van der Waals surface area contributed by atoms with Crippen molar-refractivity contribution in [3.63, 3.8) is 0 Å². The summed E-state index contributed by atoms with van der Waals surface area (Å²) in [6, 6.07) is 13.3. The predicted molar refractivity (Wildman–Crippen MR) is 181 cm³/mol. The summed E-state index contributed by atoms with van der Waals surface area (Å²) < 4.78 is 0. The molecule has 2 aromatic heterocycles. The first-order valence-electron chi connectivity index (χ1n) is 14.6. The van der Waals surface area contributed by atoms with Crippen LogP contribution in [0, 0.1) is 47.4 Å². The minimum absolute atomic E-state index is 0.367. The van der Waals surface area contributed by atoms with Gasteiger partial charge in [-0.2, -0.15) is 0 Å². The lowest BCUT2D eigenvalue weighted by Crippen LogP contribution is -2.02. The van der Waals surface area contributed by atoms with E-state index in [4.69, 9.17) is 0 Å². The Morgan fingerprint density at radius 1 is 0.476 bits per heavy atom. The number of rotatable bonds is 2. The van der Waals surface area contributed by atoms with Crippen LogP contribution in [0.3, 0.4) is 0 Å². The van der Waals surface area contributed by atoms with Crippen molar-refractivity contribution in [3.05, 3.63) is 153 Å². The Labute approximate surface area is 257 Å². The van der Waals surface area contributed by atoms with Crippen LogP contribution in [-0.4, -0.2) is 0 Å². The van der Waals surface area contributed by atoms with Crippen LogP contribution in [0.25, 0.3) is 22.3 Å². The summed E-state index contributed by atoms with van der Waals surface area (Å²) in [5, 5.41) is 4.29. The van der Waals surface area contributed by atoms with E-state index in [-0.39, 0.29) is 0 Å². The van der Waals surface area contributed by atoms with E-state index in [9.17, 15) is 0 Å². The molecule has 0 saturated carbocycles. The number of benzene rings is 1. The van der Waals surface area contributed by atoms with Gasteiger partial charge in [-0.05, 0) is 58.7 Å². The van der Waals surface area contributed by atoms with Gasteiger partial charge in [-0.3, -0.25) is 0 Å². The number of thiophene rings is 2. The fourth-order valence-corrected chi connectivity index (χ4v) is 7.46. The molecule has 0 fully saturated rings. The van der Waals surface area contributed by atoms with Gasteiger partial charge in [0.25, 0.3) is 0 Å². The van der Waals surface area contributed by atoms with Gasteiger partial charge in [0.1, 0.15) is 0 Å². The second-order valence-electron chi connectivity index (χ2n) is 11.0. The molecule has 0 N–H and O–H groups in total. The molecule has 4 aliphatic carbocycles. The lowest BCUT2D eigenvalue weighted by Gasteiger charge is -2.12. The largest absolute Gasteiger partial charge is 0.135 e. The Balaban J connectivity index is 1.10. The third-order valence-electron chi connectivity index (χ3n) is 8.22. The average molecular weight is 575 g/mol. The standard InChI is InChI=1S/C40H30S2/c1-3-11-35-27-29(7-1)9-5-13-31(35)19-21-39-37(23-25-41-39)33-15-17-34(18-16-33)38-24-26-42-40(38)22-20-32-14-6-10-30-8-2-4-12-36(32)28-30/h1-18,23-26,29-30,35-36H,27-28H2. The zero-order valence-corrected chi connectivity index (χ0v) is 24.9. The van der Waals surface area contributed by atoms with E-state index in [0.717, 1.165) is 22.6 Å². The number of fused-ring (bicyclic) bond motifs is 4. The van der Waals surface area contributed by atoms with Crippen LogP contribution in [0.1, 0.15) is 22.6 Å². The van der Waals surface area contributed by atoms with Gasteiger partial charge in [0, 0.05) is 34.1 Å². The molecule has 4 bridgehead atoms. The first-order chi connectivity index (χ1) is 20.8. The van der Waals surface area contributed by atoms with Crippen molar-refractivity contribution in [3.8, 4) is 45.9 Å². The van der Waals surface area contributed by atoms with Gasteiger partial charge in [0.05, 0.1) is 9.75 Å². The molecule has 0 nitrogen and oxygen atoms in total. The van der Waals surface area contributed by atoms with Crippen LogP contribution >= 0.6 is 22.7 Å². The van der Waals surface area contributed by atoms with Crippen molar-refractivity contribution in [2.24, 2.45) is 23.7 Å². The maximum atomic E-state index is 3.52. The molecule has 0 spiro atoms. The summed E-state index contributed by atoms with van der Waals surface area (Å²) in [5.41, 5.74) is 7.16. The Kier molecular flexibility index (Phi) is 7.75. The van der Waals surface area contributed by atoms with Gasteiger partial charge < -0.3 is 0 Å². The molecule has 4 atom stereocenters. The van der Waals surface area contributed by atoms with E-state index in [1.165, 1.54) is 33.4 Å². The summed E-state index contributed by atoms with van der Waals surface area (Å²) >= 11 is 3.43. The molecule has 42 heavy (non-hydrogen) atoms. The summed E-state index contributed by atoms with van der Waals surface area (Å²) in [6.07, 6.45) is 33.2. The highest BCUT2D eigenvalue weighted by Crippen LogP contribution is 2.34. The zero-order chi connectivity index (χ0) is 28.1. The predicted octanol–water partition coefficient (Wildman–Crippen LogP) is 10.3. The van der Waals surface area contributed by atoms with E-state index < -0.39 is 0 Å². The van der Waals surface area contributed by atoms with Crippen molar-refractivity contribution in [2.45, 2.75) is 12.8 Å². The van der Waals surface area contributed by atoms with Crippen LogP contribution in [-0.2, 0) is 0 Å². The van der Waals surface area contributed by atoms with Gasteiger partial charge in [-0.25, -0.2) is 0 Å². The smallest absolute Gasteiger partial charge is 0.0850 e. The van der Waals surface area contributed by atoms with Gasteiger partial charge in [0.15, 0.2) is 0 Å². The van der Waals surface area contributed by atoms with Crippen LogP contribution in [0.2, 0.25) is 0 Å². The molecule has 202 valence electrons. The molecule has 0 radical (unpaired) electrons. The molecule has 2 heteroatoms. The second-order valence-corrected chi connectivity index (χ2v) is 12.8. The lowest BCUT2D eigenvalue weighted by molar-refractivity contribution is 0.623. The Hall–Kier alpha value is -4.34. The minimum Gasteiger partial charge on any atom is -0.135 e. The SMILES string of the molecule is C(#Cc1sccc1-c1ccc(-c2ccsc2C#CC2=CC=CC3C=CC=CC2C3)cc1)C1=CC=CC2C=CC=CC1C2. The molecule has 4 aliphatic rings. The van der Waals surface area contributed by atoms with E-state index in [0.29, 0.717) is 23.7 Å². The second kappa shape index (κ2) is 12.3. The molecule has 0 amide bonds. The monoisotopic (exact) mass is 574 g/mol. The van der Waals surface area contributed by atoms with E-state index in [1.807, 2.05) is 0 Å². The molecule has 0 saturated heterocycles. The summed E-state index contributed by atoms with van der Waals surface area (Å²) in [5.74, 6) is 15.8. The molecule has 0 aliphatic heterocycles. The van der Waals surface area contributed by atoms with Crippen LogP contribution in [0.15, 0.2) is 143 Å². The lowest BCUT2D eigenvalue weighted by atomic mass is 9.91. The van der Waals surface area contributed by atoms with Crippen LogP contribution < -0.4 is 0 Å². The fraction of sp³-hybridized carbons (Fsp3) is 0.150. The molecule has 3 aromatic rings. The van der Waals surface area contributed by atoms with E-state index in [1.54, 1.807) is 22.7 Å². The van der Waals surface area contributed by atoms with Crippen LogP contribution in [0.4, 0.5) is 0 Å². The van der Waals surface area contributed by atoms with Crippen LogP contribution in [0.5, 0.6) is 0 Å². The third-order valence-corrected chi connectivity index (χ3v) is 9.88. The highest BCUT2D eigenvalue weighted by atomic mass is 32.1. The van der Waals surface area contributed by atoms with Gasteiger partial charge >= 0.3 is 0 Å². The molecule has 1 aromatic carbocycles. The summed E-state index contributed by atoms with van der Waals surface area (Å²) in [6.45, 7) is 0. The summed E-state index contributed by atoms with van der Waals surface area (Å²) in [7, 11) is 0. The number of allylic oxidation sites excluding steroid dienone is 16. The van der Waals surface area contributed by atoms with Crippen molar-refractivity contribution in [1.29, 1.82) is 0 Å². The quantitative estimate of drug-likeness (QED) is 0.267. The third kappa shape index (κ3) is 5.84. The number of hydrogen-bond donors (Lipinski definition) is 0. The zero-order valence-electron chi connectivity index (χ0n) is 23.2. The van der Waals surface area contributed by atoms with E-state index >= 15 is 0 Å². The van der Waals surface area contributed by atoms with Crippen molar-refractivity contribution >= 4 is 22.7 Å². The topological polar surface area (TPSA) is 0 Å². The normalized spacial score (nSPS) is 23.3. The summed E-state index contributed by atoms with van der Waals surface area (Å²) in [4.78, 5) is 2.23. The van der Waals surface area contributed by atoms with Crippen molar-refractivity contribution < 1.29 is 0 Å². The highest BCUT2D eigenvalue weighted by molar-refractivity contribution is 7.11. The Morgan fingerprint density at radius 3 is 1.38 bits per heavy atom. The fourth-order valence-electron chi connectivity index (χ4n) is 5.93. The maximum absolute atomic E-state index is 3.52. The van der Waals surface area contributed by atoms with Crippen molar-refractivity contribution in [2.75, 3.05) is 0 Å². The molecular formula is C40H30S2. The van der Waals surface area contributed by atoms with Crippen molar-refractivity contribution in [1.82, 2.24) is 0 Å². The highest BCUT2D eigenvalue weighted by Gasteiger charge is 2.18. The first-order valence-corrected chi connectivity index (χ1v) is 16.3. The molecule has 4 unspecified atom stereocenters. The minimum atomic E-state index is 0.367. The number of hydrogen-bond acceptors (Lipinski definition) is 2. The molecular weight excluding hydrogens is 545 g/mol. The Bertz CT molecular complexity index is 1710. The molecule has 7 rings (SSSR count). The van der Waals surface area contributed by atoms with Gasteiger partial charge in [-0.15, -0.1) is 22.7 Å². The first kappa shape index (κ1) is 26.6. The average Bonchev–Trinajstić information content (AvgIpc) is 3.38.